The number of sulfonamides is 1. The summed E-state index contributed by atoms with van der Waals surface area (Å²) in [4.78, 5) is 13.2. The molecule has 0 heterocycles. The molecule has 0 radical (unpaired) electrons. The first-order chi connectivity index (χ1) is 9.61. The van der Waals surface area contributed by atoms with Gasteiger partial charge in [-0.15, -0.1) is 0 Å². The second-order valence-electron chi connectivity index (χ2n) is 5.19. The molecule has 0 fully saturated rings. The predicted molar refractivity (Wildman–Crippen MR) is 83.5 cm³/mol. The van der Waals surface area contributed by atoms with E-state index in [1.54, 1.807) is 33.2 Å². The number of rotatable bonds is 5. The van der Waals surface area contributed by atoms with Crippen LogP contribution in [0.4, 0.5) is 5.69 Å². The van der Waals surface area contributed by atoms with Crippen LogP contribution < -0.4 is 5.73 Å². The van der Waals surface area contributed by atoms with Gasteiger partial charge >= 0.3 is 0 Å². The molecule has 0 unspecified atom stereocenters. The lowest BCUT2D eigenvalue weighted by Gasteiger charge is -2.23. The summed E-state index contributed by atoms with van der Waals surface area (Å²) in [6.45, 7) is 5.40. The number of carbonyl (C=O) groups is 1. The smallest absolute Gasteiger partial charge is 0.245 e. The van der Waals surface area contributed by atoms with Crippen LogP contribution >= 0.6 is 0 Å². The molecule has 118 valence electrons. The minimum atomic E-state index is -3.79. The lowest BCUT2D eigenvalue weighted by atomic mass is 10.1. The van der Waals surface area contributed by atoms with E-state index in [4.69, 9.17) is 5.73 Å². The Kier molecular flexibility index (Phi) is 5.36. The van der Waals surface area contributed by atoms with Crippen LogP contribution in [0.15, 0.2) is 17.0 Å². The van der Waals surface area contributed by atoms with Crippen LogP contribution in [0, 0.1) is 13.8 Å². The number of nitrogens with two attached hydrogens (primary N) is 1. The molecule has 21 heavy (non-hydrogen) atoms. The van der Waals surface area contributed by atoms with Crippen molar-refractivity contribution in [2.75, 3.05) is 32.9 Å². The van der Waals surface area contributed by atoms with E-state index < -0.39 is 10.0 Å². The third-order valence-corrected chi connectivity index (χ3v) is 5.38. The highest BCUT2D eigenvalue weighted by atomic mass is 32.2. The molecule has 7 heteroatoms. The maximum absolute atomic E-state index is 12.7. The van der Waals surface area contributed by atoms with Gasteiger partial charge < -0.3 is 10.6 Å². The number of hydrogen-bond donors (Lipinski definition) is 1. The Morgan fingerprint density at radius 1 is 1.19 bits per heavy atom. The number of hydrogen-bond acceptors (Lipinski definition) is 4. The van der Waals surface area contributed by atoms with Crippen molar-refractivity contribution >= 4 is 21.6 Å². The molecule has 0 saturated carbocycles. The fourth-order valence-corrected chi connectivity index (χ4v) is 3.41. The molecule has 0 aliphatic carbocycles. The van der Waals surface area contributed by atoms with E-state index >= 15 is 0 Å². The van der Waals surface area contributed by atoms with Crippen molar-refractivity contribution in [2.45, 2.75) is 25.7 Å². The molecule has 2 N–H and O–H groups in total. The summed E-state index contributed by atoms with van der Waals surface area (Å²) >= 11 is 0. The standard InChI is InChI=1S/C14H23N3O3S/c1-6-17(9-14(18)16(4)5)21(19,20)13-8-11(3)10(2)7-12(13)15/h7-8H,6,9,15H2,1-5H3. The molecule has 6 nitrogen and oxygen atoms in total. The molecule has 1 aromatic rings. The molecule has 0 atom stereocenters. The van der Waals surface area contributed by atoms with Crippen LogP contribution in [0.5, 0.6) is 0 Å². The highest BCUT2D eigenvalue weighted by molar-refractivity contribution is 7.89. The van der Waals surface area contributed by atoms with Gasteiger partial charge in [0.1, 0.15) is 4.90 Å². The maximum Gasteiger partial charge on any atom is 0.245 e. The molecular formula is C14H23N3O3S. The molecular weight excluding hydrogens is 290 g/mol. The van der Waals surface area contributed by atoms with E-state index in [1.807, 2.05) is 13.8 Å². The Labute approximate surface area is 126 Å². The molecule has 0 spiro atoms. The van der Waals surface area contributed by atoms with Crippen LogP contribution in [-0.4, -0.2) is 50.7 Å². The van der Waals surface area contributed by atoms with Crippen molar-refractivity contribution < 1.29 is 13.2 Å². The Morgan fingerprint density at radius 2 is 1.71 bits per heavy atom. The Balaban J connectivity index is 3.25. The van der Waals surface area contributed by atoms with Gasteiger partial charge in [-0.3, -0.25) is 4.79 Å². The molecule has 1 rings (SSSR count). The minimum absolute atomic E-state index is 0.0546. The van der Waals surface area contributed by atoms with Crippen LogP contribution in [0.3, 0.4) is 0 Å². The number of aryl methyl sites for hydroxylation is 2. The first kappa shape index (κ1) is 17.5. The minimum Gasteiger partial charge on any atom is -0.398 e. The molecule has 1 amide bonds. The maximum atomic E-state index is 12.7. The van der Waals surface area contributed by atoms with Gasteiger partial charge in [0.25, 0.3) is 0 Å². The highest BCUT2D eigenvalue weighted by Gasteiger charge is 2.28. The summed E-state index contributed by atoms with van der Waals surface area (Å²) in [5, 5.41) is 0. The summed E-state index contributed by atoms with van der Waals surface area (Å²) in [7, 11) is -0.608. The summed E-state index contributed by atoms with van der Waals surface area (Å²) in [5.74, 6) is -0.275. The number of nitrogens with zero attached hydrogens (tertiary/aromatic N) is 2. The number of benzene rings is 1. The van der Waals surface area contributed by atoms with Gasteiger partial charge in [-0.05, 0) is 37.1 Å². The number of anilines is 1. The molecule has 1 aromatic carbocycles. The molecule has 0 aliphatic rings. The topological polar surface area (TPSA) is 83.7 Å². The van der Waals surface area contributed by atoms with Crippen LogP contribution in [-0.2, 0) is 14.8 Å². The van der Waals surface area contributed by atoms with Gasteiger partial charge in [0.05, 0.1) is 12.2 Å². The Bertz CT molecular complexity index is 639. The van der Waals surface area contributed by atoms with E-state index in [1.165, 1.54) is 4.90 Å². The van der Waals surface area contributed by atoms with Gasteiger partial charge in [0, 0.05) is 20.6 Å². The van der Waals surface area contributed by atoms with Gasteiger partial charge in [0.15, 0.2) is 0 Å². The average Bonchev–Trinajstić information content (AvgIpc) is 2.39. The zero-order valence-corrected chi connectivity index (χ0v) is 14.0. The van der Waals surface area contributed by atoms with Crippen molar-refractivity contribution in [3.05, 3.63) is 23.3 Å². The summed E-state index contributed by atoms with van der Waals surface area (Å²) < 4.78 is 26.5. The van der Waals surface area contributed by atoms with Crippen molar-refractivity contribution in [1.29, 1.82) is 0 Å². The third-order valence-electron chi connectivity index (χ3n) is 3.41. The summed E-state index contributed by atoms with van der Waals surface area (Å²) in [6.07, 6.45) is 0. The van der Waals surface area contributed by atoms with Crippen molar-refractivity contribution in [1.82, 2.24) is 9.21 Å². The van der Waals surface area contributed by atoms with Crippen molar-refractivity contribution in [3.63, 3.8) is 0 Å². The molecule has 0 aromatic heterocycles. The quantitative estimate of drug-likeness (QED) is 0.822. The molecule has 0 saturated heterocycles. The van der Waals surface area contributed by atoms with E-state index in [0.29, 0.717) is 0 Å². The van der Waals surface area contributed by atoms with E-state index in [0.717, 1.165) is 15.4 Å². The number of carbonyl (C=O) groups excluding carboxylic acids is 1. The monoisotopic (exact) mass is 313 g/mol. The third kappa shape index (κ3) is 3.74. The van der Waals surface area contributed by atoms with E-state index in [9.17, 15) is 13.2 Å². The summed E-state index contributed by atoms with van der Waals surface area (Å²) in [5.41, 5.74) is 7.84. The summed E-state index contributed by atoms with van der Waals surface area (Å²) in [6, 6.07) is 3.20. The van der Waals surface area contributed by atoms with Crippen molar-refractivity contribution in [3.8, 4) is 0 Å². The Morgan fingerprint density at radius 3 is 2.19 bits per heavy atom. The predicted octanol–water partition coefficient (Wildman–Crippen LogP) is 0.984. The van der Waals surface area contributed by atoms with Crippen LogP contribution in [0.1, 0.15) is 18.1 Å². The lowest BCUT2D eigenvalue weighted by molar-refractivity contribution is -0.128. The van der Waals surface area contributed by atoms with Crippen LogP contribution in [0.2, 0.25) is 0 Å². The van der Waals surface area contributed by atoms with Gasteiger partial charge in [0.2, 0.25) is 15.9 Å². The van der Waals surface area contributed by atoms with E-state index in [2.05, 4.69) is 0 Å². The van der Waals surface area contributed by atoms with Crippen LogP contribution in [0.25, 0.3) is 0 Å². The first-order valence-electron chi connectivity index (χ1n) is 6.68. The molecule has 0 aliphatic heterocycles. The number of nitrogen functional groups attached to an aromatic ring is 1. The zero-order valence-electron chi connectivity index (χ0n) is 13.2. The fraction of sp³-hybridized carbons (Fsp3) is 0.500. The molecule has 0 bridgehead atoms. The normalized spacial score (nSPS) is 11.7. The fourth-order valence-electron chi connectivity index (χ4n) is 1.83. The number of likely N-dealkylation sites (N-methyl/N-ethyl adjacent to an activating group) is 2. The van der Waals surface area contributed by atoms with Crippen molar-refractivity contribution in [2.24, 2.45) is 0 Å². The van der Waals surface area contributed by atoms with E-state index in [-0.39, 0.29) is 29.6 Å². The highest BCUT2D eigenvalue weighted by Crippen LogP contribution is 2.25. The largest absolute Gasteiger partial charge is 0.398 e. The SMILES string of the molecule is CCN(CC(=O)N(C)C)S(=O)(=O)c1cc(C)c(C)cc1N. The van der Waals surface area contributed by atoms with Gasteiger partial charge in [-0.1, -0.05) is 6.92 Å². The number of amides is 1. The zero-order chi connectivity index (χ0) is 16.4. The Hall–Kier alpha value is -1.60. The average molecular weight is 313 g/mol. The van der Waals surface area contributed by atoms with Gasteiger partial charge in [-0.2, -0.15) is 4.31 Å². The second-order valence-corrected chi connectivity index (χ2v) is 7.10. The first-order valence-corrected chi connectivity index (χ1v) is 8.12. The second kappa shape index (κ2) is 6.44. The van der Waals surface area contributed by atoms with Gasteiger partial charge in [-0.25, -0.2) is 8.42 Å². The lowest BCUT2D eigenvalue weighted by Crippen LogP contribution is -2.40.